The second kappa shape index (κ2) is 9.19. The monoisotopic (exact) mass is 377 g/mol. The lowest BCUT2D eigenvalue weighted by molar-refractivity contribution is -0.139. The number of hydrogen-bond acceptors (Lipinski definition) is 5. The summed E-state index contributed by atoms with van der Waals surface area (Å²) in [5, 5.41) is 6.58. The van der Waals surface area contributed by atoms with Crippen molar-refractivity contribution in [1.82, 2.24) is 10.6 Å². The van der Waals surface area contributed by atoms with Crippen LogP contribution in [0.5, 0.6) is 5.75 Å². The van der Waals surface area contributed by atoms with Gasteiger partial charge >= 0.3 is 5.97 Å². The van der Waals surface area contributed by atoms with E-state index in [2.05, 4.69) is 10.6 Å². The molecule has 26 heavy (non-hydrogen) atoms. The van der Waals surface area contributed by atoms with Gasteiger partial charge in [0, 0.05) is 11.3 Å². The fraction of sp³-hybridized carbons (Fsp3) is 0.389. The number of thiocarbonyl (C=S) groups is 1. The molecular weight excluding hydrogens is 354 g/mol. The van der Waals surface area contributed by atoms with Crippen molar-refractivity contribution >= 4 is 29.2 Å². The number of hydrogen-bond donors (Lipinski definition) is 3. The minimum absolute atomic E-state index is 0.257. The number of carbonyl (C=O) groups is 2. The standard InChI is InChI=1S/C18H23N3O4S/c1-3-7-12-15(17(23)24-4-2)16(21-18(26)20-12)11-8-5-6-9-13(11)25-10-14(19)22/h5-6,8-9,16H,3-4,7,10H2,1-2H3,(H2,19,22)(H2,20,21,26)/t16-/m1/s1. The summed E-state index contributed by atoms with van der Waals surface area (Å²) in [6, 6.07) is 6.58. The van der Waals surface area contributed by atoms with Crippen LogP contribution in [-0.4, -0.2) is 30.2 Å². The second-order valence-corrected chi connectivity index (χ2v) is 6.10. The number of carbonyl (C=O) groups excluding carboxylic acids is 2. The second-order valence-electron chi connectivity index (χ2n) is 5.69. The Morgan fingerprint density at radius 1 is 1.27 bits per heavy atom. The Morgan fingerprint density at radius 3 is 2.65 bits per heavy atom. The molecule has 1 aromatic rings. The Kier molecular flexibility index (Phi) is 6.97. The maximum Gasteiger partial charge on any atom is 0.338 e. The largest absolute Gasteiger partial charge is 0.483 e. The first-order valence-corrected chi connectivity index (χ1v) is 8.86. The van der Waals surface area contributed by atoms with Crippen molar-refractivity contribution in [2.24, 2.45) is 5.73 Å². The topological polar surface area (TPSA) is 103 Å². The molecule has 0 bridgehead atoms. The highest BCUT2D eigenvalue weighted by Gasteiger charge is 2.33. The number of rotatable bonds is 8. The molecule has 0 aromatic heterocycles. The van der Waals surface area contributed by atoms with Crippen molar-refractivity contribution in [2.45, 2.75) is 32.7 Å². The molecule has 1 atom stereocenters. The zero-order chi connectivity index (χ0) is 19.1. The van der Waals surface area contributed by atoms with Gasteiger partial charge in [-0.1, -0.05) is 31.5 Å². The van der Waals surface area contributed by atoms with Gasteiger partial charge in [0.2, 0.25) is 0 Å². The highest BCUT2D eigenvalue weighted by Crippen LogP contribution is 2.34. The molecule has 0 aliphatic carbocycles. The molecule has 0 radical (unpaired) electrons. The molecule has 4 N–H and O–H groups in total. The van der Waals surface area contributed by atoms with E-state index in [0.29, 0.717) is 28.4 Å². The minimum Gasteiger partial charge on any atom is -0.483 e. The zero-order valence-corrected chi connectivity index (χ0v) is 15.7. The normalized spacial score (nSPS) is 16.5. The van der Waals surface area contributed by atoms with Gasteiger partial charge in [0.1, 0.15) is 5.75 Å². The van der Waals surface area contributed by atoms with E-state index < -0.39 is 17.9 Å². The summed E-state index contributed by atoms with van der Waals surface area (Å²) >= 11 is 5.30. The smallest absolute Gasteiger partial charge is 0.338 e. The molecule has 2 rings (SSSR count). The van der Waals surface area contributed by atoms with Crippen molar-refractivity contribution in [3.63, 3.8) is 0 Å². The van der Waals surface area contributed by atoms with Gasteiger partial charge < -0.3 is 25.8 Å². The van der Waals surface area contributed by atoms with Crippen LogP contribution < -0.4 is 21.1 Å². The number of nitrogens with one attached hydrogen (secondary N) is 2. The molecule has 8 heteroatoms. The number of primary amides is 1. The molecule has 0 saturated heterocycles. The first kappa shape index (κ1) is 19.7. The number of esters is 1. The van der Waals surface area contributed by atoms with E-state index >= 15 is 0 Å². The van der Waals surface area contributed by atoms with E-state index in [1.807, 2.05) is 19.1 Å². The maximum atomic E-state index is 12.6. The predicted molar refractivity (Wildman–Crippen MR) is 101 cm³/mol. The molecule has 0 unspecified atom stereocenters. The Hall–Kier alpha value is -2.61. The average Bonchev–Trinajstić information content (AvgIpc) is 2.60. The predicted octanol–water partition coefficient (Wildman–Crippen LogP) is 1.69. The molecule has 1 aromatic carbocycles. The third-order valence-corrected chi connectivity index (χ3v) is 3.97. The SMILES string of the molecule is CCCC1=C(C(=O)OCC)[C@@H](c2ccccc2OCC(N)=O)NC(=S)N1. The summed E-state index contributed by atoms with van der Waals surface area (Å²) in [6.07, 6.45) is 1.48. The fourth-order valence-electron chi connectivity index (χ4n) is 2.75. The third-order valence-electron chi connectivity index (χ3n) is 3.75. The Bertz CT molecular complexity index is 733. The fourth-order valence-corrected chi connectivity index (χ4v) is 2.99. The number of nitrogens with two attached hydrogens (primary N) is 1. The van der Waals surface area contributed by atoms with E-state index in [-0.39, 0.29) is 13.2 Å². The molecule has 1 heterocycles. The summed E-state index contributed by atoms with van der Waals surface area (Å²) < 4.78 is 10.8. The van der Waals surface area contributed by atoms with E-state index in [0.717, 1.165) is 12.1 Å². The van der Waals surface area contributed by atoms with E-state index in [1.165, 1.54) is 0 Å². The molecule has 0 saturated carbocycles. The van der Waals surface area contributed by atoms with Gasteiger partial charge in [-0.15, -0.1) is 0 Å². The first-order valence-electron chi connectivity index (χ1n) is 8.45. The van der Waals surface area contributed by atoms with Gasteiger partial charge in [0.25, 0.3) is 5.91 Å². The van der Waals surface area contributed by atoms with Crippen LogP contribution in [0.1, 0.15) is 38.3 Å². The van der Waals surface area contributed by atoms with Crippen molar-refractivity contribution in [2.75, 3.05) is 13.2 Å². The summed E-state index contributed by atoms with van der Waals surface area (Å²) in [4.78, 5) is 23.7. The number of para-hydroxylation sites is 1. The lowest BCUT2D eigenvalue weighted by Crippen LogP contribution is -2.46. The van der Waals surface area contributed by atoms with Crippen LogP contribution in [-0.2, 0) is 14.3 Å². The summed E-state index contributed by atoms with van der Waals surface area (Å²) in [5.74, 6) is -0.555. The number of allylic oxidation sites excluding steroid dienone is 1. The zero-order valence-electron chi connectivity index (χ0n) is 14.8. The lowest BCUT2D eigenvalue weighted by atomic mass is 9.93. The molecule has 7 nitrogen and oxygen atoms in total. The summed E-state index contributed by atoms with van der Waals surface area (Å²) in [7, 11) is 0. The van der Waals surface area contributed by atoms with E-state index in [4.69, 9.17) is 27.4 Å². The number of amides is 1. The summed E-state index contributed by atoms with van der Waals surface area (Å²) in [6.45, 7) is 3.78. The van der Waals surface area contributed by atoms with Gasteiger partial charge in [-0.05, 0) is 31.6 Å². The molecular formula is C18H23N3O4S. The van der Waals surface area contributed by atoms with Crippen molar-refractivity contribution < 1.29 is 19.1 Å². The lowest BCUT2D eigenvalue weighted by Gasteiger charge is -2.31. The van der Waals surface area contributed by atoms with E-state index in [9.17, 15) is 9.59 Å². The maximum absolute atomic E-state index is 12.6. The van der Waals surface area contributed by atoms with Crippen LogP contribution in [0.25, 0.3) is 0 Å². The van der Waals surface area contributed by atoms with Crippen molar-refractivity contribution in [1.29, 1.82) is 0 Å². The first-order chi connectivity index (χ1) is 12.5. The van der Waals surface area contributed by atoms with Crippen molar-refractivity contribution in [3.05, 3.63) is 41.1 Å². The van der Waals surface area contributed by atoms with Gasteiger partial charge in [-0.3, -0.25) is 4.79 Å². The van der Waals surface area contributed by atoms with Gasteiger partial charge in [0.05, 0.1) is 18.2 Å². The summed E-state index contributed by atoms with van der Waals surface area (Å²) in [5.41, 5.74) is 7.03. The molecule has 140 valence electrons. The van der Waals surface area contributed by atoms with Gasteiger partial charge in [-0.2, -0.15) is 0 Å². The minimum atomic E-state index is -0.582. The van der Waals surface area contributed by atoms with Crippen LogP contribution >= 0.6 is 12.2 Å². The quantitative estimate of drug-likeness (QED) is 0.468. The number of ether oxygens (including phenoxy) is 2. The highest BCUT2D eigenvalue weighted by molar-refractivity contribution is 7.80. The molecule has 0 spiro atoms. The van der Waals surface area contributed by atoms with Crippen LogP contribution in [0.15, 0.2) is 35.5 Å². The molecule has 1 amide bonds. The molecule has 1 aliphatic rings. The van der Waals surface area contributed by atoms with Crippen molar-refractivity contribution in [3.8, 4) is 5.75 Å². The Labute approximate surface area is 157 Å². The molecule has 1 aliphatic heterocycles. The van der Waals surface area contributed by atoms with Gasteiger partial charge in [0.15, 0.2) is 11.7 Å². The average molecular weight is 377 g/mol. The highest BCUT2D eigenvalue weighted by atomic mass is 32.1. The van der Waals surface area contributed by atoms with Crippen LogP contribution in [0.3, 0.4) is 0 Å². The number of benzene rings is 1. The van der Waals surface area contributed by atoms with Crippen LogP contribution in [0.4, 0.5) is 0 Å². The third kappa shape index (κ3) is 4.72. The van der Waals surface area contributed by atoms with Crippen LogP contribution in [0.2, 0.25) is 0 Å². The Balaban J connectivity index is 2.50. The molecule has 0 fully saturated rings. The van der Waals surface area contributed by atoms with Crippen LogP contribution in [0, 0.1) is 0 Å². The Morgan fingerprint density at radius 2 is 2.00 bits per heavy atom. The van der Waals surface area contributed by atoms with E-state index in [1.54, 1.807) is 19.1 Å². The van der Waals surface area contributed by atoms with Gasteiger partial charge in [-0.25, -0.2) is 4.79 Å².